The number of allylic oxidation sites excluding steroid dienone is 2. The van der Waals surface area contributed by atoms with Crippen molar-refractivity contribution in [3.63, 3.8) is 0 Å². The molecule has 0 aromatic carbocycles. The molecule has 0 N–H and O–H groups in total. The smallest absolute Gasteiger partial charge is 0.157 e. The Hall–Kier alpha value is -0.340. The van der Waals surface area contributed by atoms with Crippen molar-refractivity contribution in [1.29, 1.82) is 0 Å². The molecule has 0 spiro atoms. The zero-order valence-corrected chi connectivity index (χ0v) is 13.4. The molecule has 0 unspecified atom stereocenters. The minimum atomic E-state index is 0.106. The van der Waals surface area contributed by atoms with Crippen LogP contribution in [0.3, 0.4) is 0 Å². The first-order valence-corrected chi connectivity index (χ1v) is 8.81. The summed E-state index contributed by atoms with van der Waals surface area (Å²) in [6.45, 7) is 3.83. The molecule has 0 radical (unpaired) electrons. The maximum atomic E-state index is 5.43. The normalized spacial score (nSPS) is 16.4. The Morgan fingerprint density at radius 2 is 1.30 bits per heavy atom. The van der Waals surface area contributed by atoms with Crippen LogP contribution in [0.15, 0.2) is 12.2 Å². The van der Waals surface area contributed by atoms with E-state index in [1.165, 1.54) is 70.6 Å². The van der Waals surface area contributed by atoms with Crippen molar-refractivity contribution < 1.29 is 9.47 Å². The van der Waals surface area contributed by atoms with E-state index in [-0.39, 0.29) is 6.29 Å². The van der Waals surface area contributed by atoms with Crippen LogP contribution in [0.1, 0.15) is 84.0 Å². The number of rotatable bonds is 13. The Morgan fingerprint density at radius 1 is 0.750 bits per heavy atom. The maximum absolute atomic E-state index is 5.43. The Morgan fingerprint density at radius 3 is 1.95 bits per heavy atom. The fraction of sp³-hybridized carbons (Fsp3) is 0.889. The van der Waals surface area contributed by atoms with Gasteiger partial charge in [-0.25, -0.2) is 0 Å². The van der Waals surface area contributed by atoms with E-state index in [4.69, 9.17) is 9.47 Å². The number of unbranched alkanes of at least 4 members (excludes halogenated alkanes) is 9. The van der Waals surface area contributed by atoms with E-state index in [1.807, 2.05) is 0 Å². The zero-order valence-electron chi connectivity index (χ0n) is 13.4. The van der Waals surface area contributed by atoms with Gasteiger partial charge in [-0.05, 0) is 32.1 Å². The van der Waals surface area contributed by atoms with Crippen LogP contribution in [0.25, 0.3) is 0 Å². The van der Waals surface area contributed by atoms with E-state index in [2.05, 4.69) is 19.1 Å². The van der Waals surface area contributed by atoms with Gasteiger partial charge in [0.1, 0.15) is 0 Å². The molecule has 1 heterocycles. The molecule has 0 amide bonds. The van der Waals surface area contributed by atoms with Gasteiger partial charge in [0.2, 0.25) is 0 Å². The molecule has 0 aromatic heterocycles. The molecule has 1 rings (SSSR count). The first-order chi connectivity index (χ1) is 9.93. The van der Waals surface area contributed by atoms with Gasteiger partial charge >= 0.3 is 0 Å². The summed E-state index contributed by atoms with van der Waals surface area (Å²) in [5.41, 5.74) is 0. The minimum absolute atomic E-state index is 0.106. The van der Waals surface area contributed by atoms with Gasteiger partial charge in [-0.3, -0.25) is 0 Å². The first-order valence-electron chi connectivity index (χ1n) is 8.81. The Bertz CT molecular complexity index is 219. The van der Waals surface area contributed by atoms with E-state index in [0.717, 1.165) is 19.6 Å². The summed E-state index contributed by atoms with van der Waals surface area (Å²) in [4.78, 5) is 0. The molecule has 118 valence electrons. The zero-order chi connectivity index (χ0) is 14.3. The van der Waals surface area contributed by atoms with Crippen molar-refractivity contribution in [2.75, 3.05) is 13.2 Å². The summed E-state index contributed by atoms with van der Waals surface area (Å²) in [5.74, 6) is 0. The predicted molar refractivity (Wildman–Crippen MR) is 85.9 cm³/mol. The van der Waals surface area contributed by atoms with Crippen molar-refractivity contribution in [3.05, 3.63) is 12.2 Å². The molecule has 0 atom stereocenters. The molecule has 20 heavy (non-hydrogen) atoms. The van der Waals surface area contributed by atoms with E-state index in [0.29, 0.717) is 0 Å². The average Bonchev–Trinajstić information content (AvgIpc) is 2.97. The van der Waals surface area contributed by atoms with Gasteiger partial charge in [0.25, 0.3) is 0 Å². The van der Waals surface area contributed by atoms with Crippen molar-refractivity contribution in [2.24, 2.45) is 0 Å². The van der Waals surface area contributed by atoms with Gasteiger partial charge in [-0.2, -0.15) is 0 Å². The summed E-state index contributed by atoms with van der Waals surface area (Å²) < 4.78 is 10.9. The molecule has 1 fully saturated rings. The highest BCUT2D eigenvalue weighted by molar-refractivity contribution is 4.81. The van der Waals surface area contributed by atoms with Gasteiger partial charge in [0.15, 0.2) is 6.29 Å². The van der Waals surface area contributed by atoms with Crippen LogP contribution in [0.4, 0.5) is 0 Å². The Labute approximate surface area is 125 Å². The third-order valence-electron chi connectivity index (χ3n) is 3.89. The van der Waals surface area contributed by atoms with Gasteiger partial charge in [0.05, 0.1) is 13.2 Å². The lowest BCUT2D eigenvalue weighted by Gasteiger charge is -2.07. The SMILES string of the molecule is CCCC/C=C\CCCCCCCCCC1OCCO1. The average molecular weight is 282 g/mol. The van der Waals surface area contributed by atoms with Gasteiger partial charge in [0, 0.05) is 0 Å². The van der Waals surface area contributed by atoms with Crippen LogP contribution in [0, 0.1) is 0 Å². The standard InChI is InChI=1S/C18H34O2/c1-2-3-4-5-6-7-8-9-10-11-12-13-14-15-18-19-16-17-20-18/h5-6,18H,2-4,7-17H2,1H3/b6-5-. The summed E-state index contributed by atoms with van der Waals surface area (Å²) in [7, 11) is 0. The molecule has 1 aliphatic rings. The Kier molecular flexibility index (Phi) is 12.1. The van der Waals surface area contributed by atoms with Crippen LogP contribution in [0.2, 0.25) is 0 Å². The van der Waals surface area contributed by atoms with Crippen molar-refractivity contribution in [1.82, 2.24) is 0 Å². The monoisotopic (exact) mass is 282 g/mol. The summed E-state index contributed by atoms with van der Waals surface area (Å²) in [6.07, 6.45) is 20.6. The molecule has 1 aliphatic heterocycles. The fourth-order valence-corrected chi connectivity index (χ4v) is 2.59. The molecular weight excluding hydrogens is 248 g/mol. The van der Waals surface area contributed by atoms with Crippen LogP contribution in [-0.4, -0.2) is 19.5 Å². The van der Waals surface area contributed by atoms with Crippen LogP contribution >= 0.6 is 0 Å². The molecule has 0 bridgehead atoms. The van der Waals surface area contributed by atoms with Crippen LogP contribution in [0.5, 0.6) is 0 Å². The second kappa shape index (κ2) is 13.6. The van der Waals surface area contributed by atoms with Crippen LogP contribution < -0.4 is 0 Å². The van der Waals surface area contributed by atoms with Gasteiger partial charge in [-0.1, -0.05) is 64.0 Å². The third kappa shape index (κ3) is 10.4. The highest BCUT2D eigenvalue weighted by Crippen LogP contribution is 2.14. The topological polar surface area (TPSA) is 18.5 Å². The molecular formula is C18H34O2. The van der Waals surface area contributed by atoms with E-state index >= 15 is 0 Å². The molecule has 0 aromatic rings. The maximum Gasteiger partial charge on any atom is 0.157 e. The lowest BCUT2D eigenvalue weighted by atomic mass is 10.1. The van der Waals surface area contributed by atoms with Crippen molar-refractivity contribution in [2.45, 2.75) is 90.3 Å². The molecule has 2 nitrogen and oxygen atoms in total. The van der Waals surface area contributed by atoms with Crippen molar-refractivity contribution in [3.8, 4) is 0 Å². The Balaban J connectivity index is 1.71. The minimum Gasteiger partial charge on any atom is -0.350 e. The highest BCUT2D eigenvalue weighted by atomic mass is 16.7. The lowest BCUT2D eigenvalue weighted by Crippen LogP contribution is -2.06. The summed E-state index contributed by atoms with van der Waals surface area (Å²) >= 11 is 0. The van der Waals surface area contributed by atoms with E-state index in [1.54, 1.807) is 0 Å². The van der Waals surface area contributed by atoms with Gasteiger partial charge < -0.3 is 9.47 Å². The predicted octanol–water partition coefficient (Wildman–Crippen LogP) is 5.62. The fourth-order valence-electron chi connectivity index (χ4n) is 2.59. The van der Waals surface area contributed by atoms with E-state index < -0.39 is 0 Å². The molecule has 0 saturated carbocycles. The third-order valence-corrected chi connectivity index (χ3v) is 3.89. The highest BCUT2D eigenvalue weighted by Gasteiger charge is 2.14. The van der Waals surface area contributed by atoms with Gasteiger partial charge in [-0.15, -0.1) is 0 Å². The molecule has 0 aliphatic carbocycles. The number of ether oxygens (including phenoxy) is 2. The van der Waals surface area contributed by atoms with Crippen LogP contribution in [-0.2, 0) is 9.47 Å². The largest absolute Gasteiger partial charge is 0.350 e. The van der Waals surface area contributed by atoms with Crippen molar-refractivity contribution >= 4 is 0 Å². The molecule has 1 saturated heterocycles. The second-order valence-corrected chi connectivity index (χ2v) is 5.84. The lowest BCUT2D eigenvalue weighted by molar-refractivity contribution is -0.0480. The summed E-state index contributed by atoms with van der Waals surface area (Å²) in [5, 5.41) is 0. The molecule has 2 heteroatoms. The van der Waals surface area contributed by atoms with E-state index in [9.17, 15) is 0 Å². The second-order valence-electron chi connectivity index (χ2n) is 5.84. The summed E-state index contributed by atoms with van der Waals surface area (Å²) in [6, 6.07) is 0. The first kappa shape index (κ1) is 17.7. The quantitative estimate of drug-likeness (QED) is 0.322. The number of hydrogen-bond acceptors (Lipinski definition) is 2. The number of hydrogen-bond donors (Lipinski definition) is 0.